The van der Waals surface area contributed by atoms with Crippen molar-refractivity contribution in [3.05, 3.63) is 18.5 Å². The standard InChI is InChI=1S/C9H12N4/c1-6(2)13-9-7(4-12-13)3-8(10)5-11-9/h3-6H,10H2,1-2H3. The van der Waals surface area contributed by atoms with Crippen molar-refractivity contribution in [3.63, 3.8) is 0 Å². The van der Waals surface area contributed by atoms with Crippen molar-refractivity contribution in [3.8, 4) is 0 Å². The third kappa shape index (κ3) is 1.24. The predicted molar refractivity (Wildman–Crippen MR) is 52.3 cm³/mol. The van der Waals surface area contributed by atoms with Crippen LogP contribution in [0.5, 0.6) is 0 Å². The summed E-state index contributed by atoms with van der Waals surface area (Å²) in [4.78, 5) is 4.24. The quantitative estimate of drug-likeness (QED) is 0.717. The molecule has 0 spiro atoms. The normalized spacial score (nSPS) is 11.3. The molecule has 0 atom stereocenters. The average Bonchev–Trinajstić information content (AvgIpc) is 2.46. The molecule has 2 rings (SSSR count). The van der Waals surface area contributed by atoms with Gasteiger partial charge >= 0.3 is 0 Å². The van der Waals surface area contributed by atoms with Crippen molar-refractivity contribution in [2.24, 2.45) is 0 Å². The second-order valence-electron chi connectivity index (χ2n) is 3.36. The van der Waals surface area contributed by atoms with Crippen LogP contribution in [-0.4, -0.2) is 14.8 Å². The van der Waals surface area contributed by atoms with Crippen LogP contribution in [0, 0.1) is 0 Å². The molecule has 2 N–H and O–H groups in total. The van der Waals surface area contributed by atoms with E-state index in [0.717, 1.165) is 11.0 Å². The Morgan fingerprint density at radius 1 is 1.38 bits per heavy atom. The van der Waals surface area contributed by atoms with E-state index in [1.165, 1.54) is 0 Å². The lowest BCUT2D eigenvalue weighted by molar-refractivity contribution is 0.546. The SMILES string of the molecule is CC(C)n1ncc2cc(N)cnc21. The minimum atomic E-state index is 0.327. The molecule has 2 aromatic rings. The molecule has 4 heteroatoms. The Balaban J connectivity index is 2.69. The first-order valence-electron chi connectivity index (χ1n) is 4.27. The molecule has 0 saturated heterocycles. The lowest BCUT2D eigenvalue weighted by Crippen LogP contribution is -2.03. The van der Waals surface area contributed by atoms with E-state index in [1.807, 2.05) is 10.7 Å². The Bertz CT molecular complexity index is 430. The lowest BCUT2D eigenvalue weighted by Gasteiger charge is -2.05. The molecule has 0 unspecified atom stereocenters. The van der Waals surface area contributed by atoms with Crippen LogP contribution in [0.2, 0.25) is 0 Å². The number of hydrogen-bond acceptors (Lipinski definition) is 3. The second kappa shape index (κ2) is 2.73. The van der Waals surface area contributed by atoms with Crippen LogP contribution < -0.4 is 5.73 Å². The van der Waals surface area contributed by atoms with Crippen molar-refractivity contribution in [2.75, 3.05) is 5.73 Å². The number of anilines is 1. The number of nitrogens with zero attached hydrogens (tertiary/aromatic N) is 3. The van der Waals surface area contributed by atoms with Crippen molar-refractivity contribution < 1.29 is 0 Å². The highest BCUT2D eigenvalue weighted by atomic mass is 15.3. The maximum absolute atomic E-state index is 5.61. The third-order valence-corrected chi connectivity index (χ3v) is 1.94. The van der Waals surface area contributed by atoms with E-state index in [0.29, 0.717) is 11.7 Å². The van der Waals surface area contributed by atoms with Gasteiger partial charge in [0.1, 0.15) is 0 Å². The monoisotopic (exact) mass is 176 g/mol. The Morgan fingerprint density at radius 3 is 2.85 bits per heavy atom. The molecule has 0 aromatic carbocycles. The fourth-order valence-electron chi connectivity index (χ4n) is 1.34. The fraction of sp³-hybridized carbons (Fsp3) is 0.333. The summed E-state index contributed by atoms with van der Waals surface area (Å²) in [6, 6.07) is 2.21. The average molecular weight is 176 g/mol. The highest BCUT2D eigenvalue weighted by Crippen LogP contribution is 2.16. The maximum atomic E-state index is 5.61. The Labute approximate surface area is 76.4 Å². The molecule has 0 aliphatic rings. The van der Waals surface area contributed by atoms with Crippen molar-refractivity contribution in [1.82, 2.24) is 14.8 Å². The highest BCUT2D eigenvalue weighted by molar-refractivity contribution is 5.77. The molecular formula is C9H12N4. The van der Waals surface area contributed by atoms with Crippen LogP contribution in [0.4, 0.5) is 5.69 Å². The van der Waals surface area contributed by atoms with Crippen LogP contribution in [-0.2, 0) is 0 Å². The number of aromatic nitrogens is 3. The third-order valence-electron chi connectivity index (χ3n) is 1.94. The first-order chi connectivity index (χ1) is 6.18. The van der Waals surface area contributed by atoms with Gasteiger partial charge in [0.15, 0.2) is 5.65 Å². The van der Waals surface area contributed by atoms with Gasteiger partial charge in [0.25, 0.3) is 0 Å². The molecular weight excluding hydrogens is 164 g/mol. The van der Waals surface area contributed by atoms with Gasteiger partial charge in [-0.05, 0) is 19.9 Å². The Morgan fingerprint density at radius 2 is 2.15 bits per heavy atom. The molecule has 0 aliphatic carbocycles. The second-order valence-corrected chi connectivity index (χ2v) is 3.36. The van der Waals surface area contributed by atoms with E-state index in [-0.39, 0.29) is 0 Å². The number of hydrogen-bond donors (Lipinski definition) is 1. The van der Waals surface area contributed by atoms with Gasteiger partial charge in [-0.15, -0.1) is 0 Å². The minimum Gasteiger partial charge on any atom is -0.397 e. The fourth-order valence-corrected chi connectivity index (χ4v) is 1.34. The zero-order valence-corrected chi connectivity index (χ0v) is 7.73. The topological polar surface area (TPSA) is 56.7 Å². The molecule has 0 radical (unpaired) electrons. The van der Waals surface area contributed by atoms with Crippen molar-refractivity contribution in [1.29, 1.82) is 0 Å². The van der Waals surface area contributed by atoms with Gasteiger partial charge in [-0.3, -0.25) is 0 Å². The van der Waals surface area contributed by atoms with E-state index in [2.05, 4.69) is 23.9 Å². The van der Waals surface area contributed by atoms with E-state index in [4.69, 9.17) is 5.73 Å². The van der Waals surface area contributed by atoms with E-state index >= 15 is 0 Å². The zero-order chi connectivity index (χ0) is 9.42. The molecule has 0 aliphatic heterocycles. The highest BCUT2D eigenvalue weighted by Gasteiger charge is 2.06. The maximum Gasteiger partial charge on any atom is 0.158 e. The lowest BCUT2D eigenvalue weighted by atomic mass is 10.3. The van der Waals surface area contributed by atoms with Gasteiger partial charge < -0.3 is 5.73 Å². The molecule has 0 saturated carbocycles. The molecule has 0 amide bonds. The molecule has 2 heterocycles. The van der Waals surface area contributed by atoms with Crippen LogP contribution in [0.1, 0.15) is 19.9 Å². The predicted octanol–water partition coefficient (Wildman–Crippen LogP) is 1.59. The zero-order valence-electron chi connectivity index (χ0n) is 7.73. The summed E-state index contributed by atoms with van der Waals surface area (Å²) in [5.74, 6) is 0. The first-order valence-corrected chi connectivity index (χ1v) is 4.27. The van der Waals surface area contributed by atoms with Crippen LogP contribution in [0.3, 0.4) is 0 Å². The van der Waals surface area contributed by atoms with Gasteiger partial charge in [0.05, 0.1) is 18.1 Å². The largest absolute Gasteiger partial charge is 0.397 e. The van der Waals surface area contributed by atoms with Gasteiger partial charge in [-0.1, -0.05) is 0 Å². The molecule has 68 valence electrons. The van der Waals surface area contributed by atoms with Crippen LogP contribution in [0.15, 0.2) is 18.5 Å². The van der Waals surface area contributed by atoms with Crippen LogP contribution >= 0.6 is 0 Å². The van der Waals surface area contributed by atoms with E-state index < -0.39 is 0 Å². The first kappa shape index (κ1) is 8.04. The number of nitrogen functional groups attached to an aromatic ring is 1. The summed E-state index contributed by atoms with van der Waals surface area (Å²) >= 11 is 0. The van der Waals surface area contributed by atoms with Gasteiger partial charge in [0, 0.05) is 11.4 Å². The number of fused-ring (bicyclic) bond motifs is 1. The number of pyridine rings is 1. The number of rotatable bonds is 1. The Hall–Kier alpha value is -1.58. The van der Waals surface area contributed by atoms with Crippen LogP contribution in [0.25, 0.3) is 11.0 Å². The molecule has 4 nitrogen and oxygen atoms in total. The smallest absolute Gasteiger partial charge is 0.158 e. The van der Waals surface area contributed by atoms with Crippen molar-refractivity contribution >= 4 is 16.7 Å². The summed E-state index contributed by atoms with van der Waals surface area (Å²) in [5, 5.41) is 5.23. The van der Waals surface area contributed by atoms with E-state index in [9.17, 15) is 0 Å². The summed E-state index contributed by atoms with van der Waals surface area (Å²) in [6.45, 7) is 4.15. The molecule has 0 fully saturated rings. The summed E-state index contributed by atoms with van der Waals surface area (Å²) in [5.41, 5.74) is 7.18. The van der Waals surface area contributed by atoms with Gasteiger partial charge in [0.2, 0.25) is 0 Å². The van der Waals surface area contributed by atoms with Gasteiger partial charge in [-0.2, -0.15) is 5.10 Å². The van der Waals surface area contributed by atoms with Crippen molar-refractivity contribution in [2.45, 2.75) is 19.9 Å². The summed E-state index contributed by atoms with van der Waals surface area (Å²) < 4.78 is 1.88. The summed E-state index contributed by atoms with van der Waals surface area (Å²) in [6.07, 6.45) is 3.45. The Kier molecular flexibility index (Phi) is 1.69. The molecule has 2 aromatic heterocycles. The van der Waals surface area contributed by atoms with Gasteiger partial charge in [-0.25, -0.2) is 9.67 Å². The molecule has 0 bridgehead atoms. The summed E-state index contributed by atoms with van der Waals surface area (Å²) in [7, 11) is 0. The molecule has 13 heavy (non-hydrogen) atoms. The number of nitrogens with two attached hydrogens (primary N) is 1. The van der Waals surface area contributed by atoms with E-state index in [1.54, 1.807) is 12.4 Å². The minimum absolute atomic E-state index is 0.327.